The quantitative estimate of drug-likeness (QED) is 0.360. The van der Waals surface area contributed by atoms with Gasteiger partial charge in [0, 0.05) is 18.0 Å². The van der Waals surface area contributed by atoms with Crippen LogP contribution in [0.5, 0.6) is 5.88 Å². The maximum absolute atomic E-state index is 15.4. The van der Waals surface area contributed by atoms with Gasteiger partial charge < -0.3 is 13.9 Å². The number of aromatic nitrogens is 3. The number of hydrogen-bond donors (Lipinski definition) is 1. The molecule has 0 unspecified atom stereocenters. The number of pyridine rings is 2. The lowest BCUT2D eigenvalue weighted by Gasteiger charge is -2.14. The van der Waals surface area contributed by atoms with Crippen molar-refractivity contribution >= 4 is 38.8 Å². The number of methoxy groups -OCH3 is 1. The molecule has 0 spiro atoms. The van der Waals surface area contributed by atoms with Crippen molar-refractivity contribution in [3.63, 3.8) is 0 Å². The summed E-state index contributed by atoms with van der Waals surface area (Å²) in [6, 6.07) is 5.79. The average molecular weight is 523 g/mol. The Hall–Kier alpha value is -3.77. The van der Waals surface area contributed by atoms with Crippen LogP contribution in [0.4, 0.5) is 14.5 Å². The molecule has 0 aliphatic rings. The van der Waals surface area contributed by atoms with Crippen molar-refractivity contribution in [1.82, 2.24) is 14.4 Å². The molecule has 182 valence electrons. The molecule has 35 heavy (non-hydrogen) atoms. The molecule has 0 amide bonds. The molecular formula is C22H17ClF2N4O5S. The molecule has 0 saturated heterocycles. The van der Waals surface area contributed by atoms with Crippen LogP contribution in [0.3, 0.4) is 0 Å². The van der Waals surface area contributed by atoms with E-state index in [9.17, 15) is 17.6 Å². The van der Waals surface area contributed by atoms with Crippen LogP contribution in [-0.4, -0.2) is 42.5 Å². The second-order valence-electron chi connectivity index (χ2n) is 7.07. The van der Waals surface area contributed by atoms with Crippen molar-refractivity contribution in [3.05, 3.63) is 71.4 Å². The molecule has 4 rings (SSSR count). The number of nitrogens with one attached hydrogen (secondary N) is 1. The van der Waals surface area contributed by atoms with E-state index in [2.05, 4.69) is 14.7 Å². The topological polar surface area (TPSA) is 112 Å². The first-order valence-electron chi connectivity index (χ1n) is 10.0. The zero-order chi connectivity index (χ0) is 25.3. The molecular weight excluding hydrogens is 506 g/mol. The molecule has 0 bridgehead atoms. The summed E-state index contributed by atoms with van der Waals surface area (Å²) in [5, 5.41) is 0.0160. The van der Waals surface area contributed by atoms with Crippen LogP contribution in [0.15, 0.2) is 53.9 Å². The van der Waals surface area contributed by atoms with Gasteiger partial charge in [0.15, 0.2) is 16.4 Å². The van der Waals surface area contributed by atoms with Gasteiger partial charge >= 0.3 is 5.97 Å². The lowest BCUT2D eigenvalue weighted by atomic mass is 10.1. The highest BCUT2D eigenvalue weighted by atomic mass is 35.5. The predicted octanol–water partition coefficient (Wildman–Crippen LogP) is 4.31. The Bertz CT molecular complexity index is 1560. The number of hydrogen-bond acceptors (Lipinski definition) is 7. The van der Waals surface area contributed by atoms with E-state index in [0.29, 0.717) is 5.52 Å². The van der Waals surface area contributed by atoms with E-state index in [1.165, 1.54) is 42.4 Å². The molecule has 0 fully saturated rings. The molecule has 9 nitrogen and oxygen atoms in total. The number of carbonyl (C=O) groups excluding carboxylic acids is 1. The largest absolute Gasteiger partial charge is 0.480 e. The Balaban J connectivity index is 1.75. The third-order valence-corrected chi connectivity index (χ3v) is 6.46. The fourth-order valence-corrected chi connectivity index (χ4v) is 4.78. The Kier molecular flexibility index (Phi) is 6.59. The monoisotopic (exact) mass is 522 g/mol. The van der Waals surface area contributed by atoms with Crippen molar-refractivity contribution in [2.45, 2.75) is 11.8 Å². The first-order chi connectivity index (χ1) is 16.7. The maximum Gasteiger partial charge on any atom is 0.359 e. The van der Waals surface area contributed by atoms with E-state index in [4.69, 9.17) is 21.1 Å². The van der Waals surface area contributed by atoms with Crippen LogP contribution < -0.4 is 9.46 Å². The molecule has 1 N–H and O–H groups in total. The van der Waals surface area contributed by atoms with Crippen LogP contribution in [0.1, 0.15) is 17.4 Å². The number of sulfonamides is 1. The Morgan fingerprint density at radius 1 is 1.20 bits per heavy atom. The SMILES string of the molecule is CCOC(=O)c1ncn2cc(-c3c(F)ccc(NS(=O)(=O)c4cc(Cl)cnc4OC)c3F)ccc12. The van der Waals surface area contributed by atoms with Crippen LogP contribution in [0.25, 0.3) is 16.6 Å². The first-order valence-corrected chi connectivity index (χ1v) is 11.9. The first kappa shape index (κ1) is 24.4. The molecule has 4 aromatic rings. The summed E-state index contributed by atoms with van der Waals surface area (Å²) in [5.74, 6) is -2.99. The number of imidazole rings is 1. The molecule has 3 heterocycles. The number of nitrogens with zero attached hydrogens (tertiary/aromatic N) is 3. The number of rotatable bonds is 7. The number of halogens is 3. The molecule has 0 saturated carbocycles. The molecule has 13 heteroatoms. The van der Waals surface area contributed by atoms with Crippen LogP contribution in [0, 0.1) is 11.6 Å². The highest BCUT2D eigenvalue weighted by Crippen LogP contribution is 2.33. The molecule has 1 aromatic carbocycles. The zero-order valence-electron chi connectivity index (χ0n) is 18.3. The fraction of sp³-hybridized carbons (Fsp3) is 0.136. The van der Waals surface area contributed by atoms with Gasteiger partial charge in [-0.05, 0) is 31.2 Å². The predicted molar refractivity (Wildman–Crippen MR) is 123 cm³/mol. The summed E-state index contributed by atoms with van der Waals surface area (Å²) in [7, 11) is -3.20. The minimum atomic E-state index is -4.41. The second-order valence-corrected chi connectivity index (χ2v) is 9.16. The standard InChI is InChI=1S/C22H17ClF2N4O5S/c1-3-34-22(30)20-16-7-4-12(10-29(16)11-27-20)18-14(24)5-6-15(19(18)25)28-35(31,32)17-8-13(23)9-26-21(17)33-2/h4-11,28H,3H2,1-2H3. The number of anilines is 1. The van der Waals surface area contributed by atoms with Gasteiger partial charge in [-0.3, -0.25) is 4.72 Å². The summed E-state index contributed by atoms with van der Waals surface area (Å²) in [6.07, 6.45) is 3.84. The van der Waals surface area contributed by atoms with Crippen molar-refractivity contribution < 1.29 is 31.5 Å². The molecule has 0 aliphatic carbocycles. The summed E-state index contributed by atoms with van der Waals surface area (Å²) in [4.78, 5) is 19.4. The number of esters is 1. The van der Waals surface area contributed by atoms with Gasteiger partial charge in [0.05, 0.1) is 35.5 Å². The second kappa shape index (κ2) is 9.47. The van der Waals surface area contributed by atoms with Crippen molar-refractivity contribution in [3.8, 4) is 17.0 Å². The lowest BCUT2D eigenvalue weighted by molar-refractivity contribution is 0.0522. The summed E-state index contributed by atoms with van der Waals surface area (Å²) in [6.45, 7) is 1.81. The molecule has 0 aliphatic heterocycles. The van der Waals surface area contributed by atoms with Gasteiger partial charge in [-0.2, -0.15) is 0 Å². The van der Waals surface area contributed by atoms with Gasteiger partial charge in [0.25, 0.3) is 10.0 Å². The van der Waals surface area contributed by atoms with E-state index in [0.717, 1.165) is 18.2 Å². The summed E-state index contributed by atoms with van der Waals surface area (Å²) >= 11 is 5.86. The number of benzene rings is 1. The summed E-state index contributed by atoms with van der Waals surface area (Å²) < 4.78 is 69.3. The fourth-order valence-electron chi connectivity index (χ4n) is 3.35. The van der Waals surface area contributed by atoms with E-state index in [1.54, 1.807) is 6.92 Å². The van der Waals surface area contributed by atoms with Gasteiger partial charge in [0.1, 0.15) is 12.1 Å². The van der Waals surface area contributed by atoms with E-state index >= 15 is 4.39 Å². The van der Waals surface area contributed by atoms with Crippen LogP contribution in [-0.2, 0) is 14.8 Å². The maximum atomic E-state index is 15.4. The van der Waals surface area contributed by atoms with Crippen molar-refractivity contribution in [2.24, 2.45) is 0 Å². The molecule has 0 radical (unpaired) electrons. The van der Waals surface area contributed by atoms with Gasteiger partial charge in [-0.25, -0.2) is 32.0 Å². The Morgan fingerprint density at radius 2 is 1.97 bits per heavy atom. The third-order valence-electron chi connectivity index (χ3n) is 4.89. The minimum Gasteiger partial charge on any atom is -0.480 e. The highest BCUT2D eigenvalue weighted by Gasteiger charge is 2.25. The normalized spacial score (nSPS) is 11.5. The molecule has 3 aromatic heterocycles. The van der Waals surface area contributed by atoms with Crippen LogP contribution in [0.2, 0.25) is 5.02 Å². The van der Waals surface area contributed by atoms with Crippen LogP contribution >= 0.6 is 11.6 Å². The smallest absolute Gasteiger partial charge is 0.359 e. The van der Waals surface area contributed by atoms with E-state index in [-0.39, 0.29) is 28.8 Å². The van der Waals surface area contributed by atoms with Gasteiger partial charge in [-0.15, -0.1) is 0 Å². The minimum absolute atomic E-state index is 0.0160. The van der Waals surface area contributed by atoms with E-state index < -0.39 is 43.8 Å². The van der Waals surface area contributed by atoms with Gasteiger partial charge in [0.2, 0.25) is 5.88 Å². The van der Waals surface area contributed by atoms with Crippen molar-refractivity contribution in [2.75, 3.05) is 18.4 Å². The lowest BCUT2D eigenvalue weighted by Crippen LogP contribution is -2.16. The van der Waals surface area contributed by atoms with E-state index in [1.807, 2.05) is 0 Å². The van der Waals surface area contributed by atoms with Crippen molar-refractivity contribution in [1.29, 1.82) is 0 Å². The van der Waals surface area contributed by atoms with Gasteiger partial charge in [-0.1, -0.05) is 17.7 Å². The average Bonchev–Trinajstić information content (AvgIpc) is 3.25. The Labute approximate surface area is 203 Å². The zero-order valence-corrected chi connectivity index (χ0v) is 19.8. The summed E-state index contributed by atoms with van der Waals surface area (Å²) in [5.41, 5.74) is -0.519. The molecule has 0 atom stereocenters. The number of fused-ring (bicyclic) bond motifs is 1. The number of carbonyl (C=O) groups is 1. The Morgan fingerprint density at radius 3 is 2.69 bits per heavy atom. The highest BCUT2D eigenvalue weighted by molar-refractivity contribution is 7.92. The number of ether oxygens (including phenoxy) is 2. The third kappa shape index (κ3) is 4.62.